The number of ether oxygens (including phenoxy) is 1. The minimum absolute atomic E-state index is 0.0700. The first-order valence-corrected chi connectivity index (χ1v) is 12.9. The van der Waals surface area contributed by atoms with Gasteiger partial charge < -0.3 is 14.5 Å². The smallest absolute Gasteiger partial charge is 0.139 e. The Labute approximate surface area is 217 Å². The molecule has 0 saturated carbocycles. The van der Waals surface area contributed by atoms with Crippen LogP contribution < -0.4 is 4.74 Å². The second-order valence-corrected chi connectivity index (χ2v) is 9.84. The summed E-state index contributed by atoms with van der Waals surface area (Å²) in [6.07, 6.45) is 3.72. The van der Waals surface area contributed by atoms with Crippen molar-refractivity contribution in [1.82, 2.24) is 14.8 Å². The van der Waals surface area contributed by atoms with E-state index >= 15 is 0 Å². The largest absolute Gasteiger partial charge is 0.493 e. The lowest BCUT2D eigenvalue weighted by Gasteiger charge is -2.32. The van der Waals surface area contributed by atoms with E-state index in [0.29, 0.717) is 30.2 Å². The van der Waals surface area contributed by atoms with E-state index in [4.69, 9.17) is 16.3 Å². The van der Waals surface area contributed by atoms with Crippen molar-refractivity contribution < 1.29 is 13.9 Å². The van der Waals surface area contributed by atoms with E-state index in [2.05, 4.69) is 21.8 Å². The summed E-state index contributed by atoms with van der Waals surface area (Å²) in [6, 6.07) is 16.1. The predicted molar refractivity (Wildman–Crippen MR) is 142 cm³/mol. The standard InChI is InChI=1S/C29H33ClFN3O2/c1-33-12-14-34(15-13-33)11-2-16-36-29-18-22(17-26(31)19-29)3-10-28(35)20-27-9-6-24(21-32-27)23-4-7-25(30)8-5-23/h4-9,17-19,21H,2-3,10-16,20H2,1H3. The van der Waals surface area contributed by atoms with Crippen LogP contribution in [0.5, 0.6) is 5.75 Å². The summed E-state index contributed by atoms with van der Waals surface area (Å²) < 4.78 is 20.0. The lowest BCUT2D eigenvalue weighted by atomic mass is 10.0. The zero-order valence-electron chi connectivity index (χ0n) is 20.8. The number of carbonyl (C=O) groups is 1. The van der Waals surface area contributed by atoms with Crippen molar-refractivity contribution in [2.75, 3.05) is 46.4 Å². The highest BCUT2D eigenvalue weighted by molar-refractivity contribution is 6.30. The van der Waals surface area contributed by atoms with Crippen molar-refractivity contribution in [1.29, 1.82) is 0 Å². The first-order valence-electron chi connectivity index (χ1n) is 12.5. The average molecular weight is 510 g/mol. The van der Waals surface area contributed by atoms with Gasteiger partial charge in [-0.3, -0.25) is 9.78 Å². The number of piperazine rings is 1. The fourth-order valence-electron chi connectivity index (χ4n) is 4.31. The Morgan fingerprint density at radius 1 is 1.03 bits per heavy atom. The van der Waals surface area contributed by atoms with Crippen molar-refractivity contribution in [3.63, 3.8) is 0 Å². The number of rotatable bonds is 11. The van der Waals surface area contributed by atoms with Crippen LogP contribution in [-0.4, -0.2) is 66.9 Å². The molecule has 1 aliphatic heterocycles. The number of aromatic nitrogens is 1. The Balaban J connectivity index is 1.21. The van der Waals surface area contributed by atoms with Crippen LogP contribution in [0.3, 0.4) is 0 Å². The van der Waals surface area contributed by atoms with Gasteiger partial charge in [-0.15, -0.1) is 0 Å². The predicted octanol–water partition coefficient (Wildman–Crippen LogP) is 5.30. The number of pyridine rings is 1. The SMILES string of the molecule is CN1CCN(CCCOc2cc(F)cc(CCC(=O)Cc3ccc(-c4ccc(Cl)cc4)cn3)c2)CC1. The molecule has 0 N–H and O–H groups in total. The van der Waals surface area contributed by atoms with Crippen LogP contribution >= 0.6 is 11.6 Å². The van der Waals surface area contributed by atoms with Crippen LogP contribution in [0, 0.1) is 5.82 Å². The van der Waals surface area contributed by atoms with Crippen molar-refractivity contribution in [3.8, 4) is 16.9 Å². The average Bonchev–Trinajstić information content (AvgIpc) is 2.87. The number of hydrogen-bond donors (Lipinski definition) is 0. The number of aryl methyl sites for hydroxylation is 1. The molecule has 5 nitrogen and oxygen atoms in total. The third-order valence-electron chi connectivity index (χ3n) is 6.49. The highest BCUT2D eigenvalue weighted by atomic mass is 35.5. The number of hydrogen-bond acceptors (Lipinski definition) is 5. The zero-order valence-corrected chi connectivity index (χ0v) is 21.5. The molecular formula is C29H33ClFN3O2. The maximum atomic E-state index is 14.1. The van der Waals surface area contributed by atoms with Gasteiger partial charge in [0, 0.05) is 74.1 Å². The Morgan fingerprint density at radius 3 is 2.50 bits per heavy atom. The highest BCUT2D eigenvalue weighted by Crippen LogP contribution is 2.22. The second kappa shape index (κ2) is 12.9. The van der Waals surface area contributed by atoms with Gasteiger partial charge in [-0.2, -0.15) is 0 Å². The summed E-state index contributed by atoms with van der Waals surface area (Å²) in [5.74, 6) is 0.254. The number of nitrogens with zero attached hydrogens (tertiary/aromatic N) is 3. The van der Waals surface area contributed by atoms with Crippen molar-refractivity contribution in [2.24, 2.45) is 0 Å². The molecule has 1 saturated heterocycles. The Morgan fingerprint density at radius 2 is 1.78 bits per heavy atom. The maximum absolute atomic E-state index is 14.1. The van der Waals surface area contributed by atoms with Crippen LogP contribution in [0.4, 0.5) is 4.39 Å². The van der Waals surface area contributed by atoms with E-state index < -0.39 is 0 Å². The Bertz CT molecular complexity index is 1130. The molecule has 0 aliphatic carbocycles. The van der Waals surface area contributed by atoms with Gasteiger partial charge in [0.05, 0.1) is 6.61 Å². The number of benzene rings is 2. The minimum Gasteiger partial charge on any atom is -0.493 e. The molecule has 1 fully saturated rings. The number of Topliss-reactive ketones (excluding diaryl/α,β-unsaturated/α-hetero) is 1. The molecule has 0 unspecified atom stereocenters. The summed E-state index contributed by atoms with van der Waals surface area (Å²) in [4.78, 5) is 21.8. The molecule has 0 radical (unpaired) electrons. The lowest BCUT2D eigenvalue weighted by Crippen LogP contribution is -2.44. The summed E-state index contributed by atoms with van der Waals surface area (Å²) >= 11 is 5.95. The monoisotopic (exact) mass is 509 g/mol. The molecule has 2 aromatic carbocycles. The lowest BCUT2D eigenvalue weighted by molar-refractivity contribution is -0.118. The first kappa shape index (κ1) is 26.3. The maximum Gasteiger partial charge on any atom is 0.139 e. The number of ketones is 1. The molecule has 0 spiro atoms. The zero-order chi connectivity index (χ0) is 25.3. The molecule has 3 aromatic rings. The van der Waals surface area contributed by atoms with Crippen LogP contribution in [-0.2, 0) is 17.6 Å². The van der Waals surface area contributed by atoms with E-state index in [9.17, 15) is 9.18 Å². The molecule has 36 heavy (non-hydrogen) atoms. The van der Waals surface area contributed by atoms with Crippen LogP contribution in [0.25, 0.3) is 11.1 Å². The van der Waals surface area contributed by atoms with Gasteiger partial charge in [-0.05, 0) is 61.3 Å². The van der Waals surface area contributed by atoms with Crippen molar-refractivity contribution in [3.05, 3.63) is 82.9 Å². The molecule has 7 heteroatoms. The highest BCUT2D eigenvalue weighted by Gasteiger charge is 2.13. The summed E-state index contributed by atoms with van der Waals surface area (Å²) in [5.41, 5.74) is 3.48. The van der Waals surface area contributed by atoms with E-state index in [0.717, 1.165) is 61.5 Å². The molecule has 0 atom stereocenters. The van der Waals surface area contributed by atoms with Crippen molar-refractivity contribution in [2.45, 2.75) is 25.7 Å². The number of carbonyl (C=O) groups excluding carboxylic acids is 1. The number of likely N-dealkylation sites (N-methyl/N-ethyl adjacent to an activating group) is 1. The van der Waals surface area contributed by atoms with Gasteiger partial charge in [-0.1, -0.05) is 29.8 Å². The Kier molecular flexibility index (Phi) is 9.45. The topological polar surface area (TPSA) is 45.7 Å². The van der Waals surface area contributed by atoms with Gasteiger partial charge >= 0.3 is 0 Å². The quantitative estimate of drug-likeness (QED) is 0.328. The molecule has 1 aliphatic rings. The molecule has 4 rings (SSSR count). The van der Waals surface area contributed by atoms with Gasteiger partial charge in [0.25, 0.3) is 0 Å². The van der Waals surface area contributed by atoms with Crippen LogP contribution in [0.2, 0.25) is 5.02 Å². The molecule has 1 aromatic heterocycles. The molecule has 0 bridgehead atoms. The summed E-state index contributed by atoms with van der Waals surface area (Å²) in [5, 5.41) is 0.687. The van der Waals surface area contributed by atoms with Crippen molar-refractivity contribution >= 4 is 17.4 Å². The van der Waals surface area contributed by atoms with Gasteiger partial charge in [-0.25, -0.2) is 4.39 Å². The molecule has 2 heterocycles. The van der Waals surface area contributed by atoms with E-state index in [1.54, 1.807) is 6.20 Å². The normalized spacial score (nSPS) is 14.6. The second-order valence-electron chi connectivity index (χ2n) is 9.40. The molecule has 0 amide bonds. The van der Waals surface area contributed by atoms with E-state index in [-0.39, 0.29) is 18.0 Å². The van der Waals surface area contributed by atoms with E-state index in [1.165, 1.54) is 12.1 Å². The number of halogens is 2. The van der Waals surface area contributed by atoms with Gasteiger partial charge in [0.15, 0.2) is 0 Å². The van der Waals surface area contributed by atoms with Crippen LogP contribution in [0.15, 0.2) is 60.8 Å². The minimum atomic E-state index is -0.339. The van der Waals surface area contributed by atoms with Crippen LogP contribution in [0.1, 0.15) is 24.1 Å². The van der Waals surface area contributed by atoms with E-state index in [1.807, 2.05) is 42.5 Å². The fourth-order valence-corrected chi connectivity index (χ4v) is 4.44. The third kappa shape index (κ3) is 8.12. The Hall–Kier alpha value is -2.80. The van der Waals surface area contributed by atoms with Gasteiger partial charge in [0.1, 0.15) is 17.3 Å². The fraction of sp³-hybridized carbons (Fsp3) is 0.379. The summed E-state index contributed by atoms with van der Waals surface area (Å²) in [7, 11) is 2.15. The first-order chi connectivity index (χ1) is 17.4. The molecular weight excluding hydrogens is 477 g/mol. The van der Waals surface area contributed by atoms with Gasteiger partial charge in [0.2, 0.25) is 0 Å². The summed E-state index contributed by atoms with van der Waals surface area (Å²) in [6.45, 7) is 5.88. The third-order valence-corrected chi connectivity index (χ3v) is 6.74. The molecule has 190 valence electrons.